The number of hydrogen-bond acceptors (Lipinski definition) is 3. The summed E-state index contributed by atoms with van der Waals surface area (Å²) >= 11 is 0. The zero-order chi connectivity index (χ0) is 11.0. The lowest BCUT2D eigenvalue weighted by molar-refractivity contribution is -0.145. The number of carboxylic acids is 1. The number of nitrogens with one attached hydrogen (secondary N) is 1. The number of hydrogen-bond donors (Lipinski definition) is 2. The molecule has 0 unspecified atom stereocenters. The highest BCUT2D eigenvalue weighted by Gasteiger charge is 2.37. The first-order valence-corrected chi connectivity index (χ1v) is 5.23. The molecule has 2 N–H and O–H groups in total. The lowest BCUT2D eigenvalue weighted by Crippen LogP contribution is -2.29. The van der Waals surface area contributed by atoms with Crippen molar-refractivity contribution in [1.82, 2.24) is 15.2 Å². The van der Waals surface area contributed by atoms with E-state index in [0.717, 1.165) is 11.6 Å². The Kier molecular flexibility index (Phi) is 2.46. The summed E-state index contributed by atoms with van der Waals surface area (Å²) in [5.41, 5.74) is 0. The van der Waals surface area contributed by atoms with Crippen molar-refractivity contribution < 1.29 is 9.90 Å². The number of aromatic nitrogens is 3. The second-order valence-corrected chi connectivity index (χ2v) is 4.44. The molecule has 1 fully saturated rings. The van der Waals surface area contributed by atoms with Crippen LogP contribution < -0.4 is 0 Å². The van der Waals surface area contributed by atoms with Gasteiger partial charge in [0.25, 0.3) is 0 Å². The molecular formula is C10H15N3O2. The van der Waals surface area contributed by atoms with E-state index in [0.29, 0.717) is 18.8 Å². The molecule has 1 aliphatic carbocycles. The van der Waals surface area contributed by atoms with E-state index in [1.165, 1.54) is 0 Å². The molecule has 1 aromatic rings. The zero-order valence-corrected chi connectivity index (χ0v) is 8.90. The van der Waals surface area contributed by atoms with Crippen LogP contribution in [0.25, 0.3) is 0 Å². The number of aromatic amines is 1. The minimum absolute atomic E-state index is 0.192. The maximum absolute atomic E-state index is 10.6. The van der Waals surface area contributed by atoms with Crippen molar-refractivity contribution in [3.8, 4) is 0 Å². The van der Waals surface area contributed by atoms with Gasteiger partial charge in [0.05, 0.1) is 5.92 Å². The zero-order valence-electron chi connectivity index (χ0n) is 8.90. The van der Waals surface area contributed by atoms with Crippen LogP contribution >= 0.6 is 0 Å². The quantitative estimate of drug-likeness (QED) is 0.790. The number of rotatable bonds is 3. The highest BCUT2D eigenvalue weighted by Crippen LogP contribution is 2.40. The maximum atomic E-state index is 10.6. The second kappa shape index (κ2) is 3.64. The van der Waals surface area contributed by atoms with Gasteiger partial charge in [-0.15, -0.1) is 0 Å². The Morgan fingerprint density at radius 1 is 1.53 bits per heavy atom. The summed E-state index contributed by atoms with van der Waals surface area (Å²) in [6, 6.07) is 0. The molecule has 0 amide bonds. The Morgan fingerprint density at radius 3 is 2.67 bits per heavy atom. The number of carbonyl (C=O) groups is 1. The van der Waals surface area contributed by atoms with Crippen molar-refractivity contribution in [1.29, 1.82) is 0 Å². The minimum atomic E-state index is -0.699. The molecule has 2 rings (SSSR count). The summed E-state index contributed by atoms with van der Waals surface area (Å²) in [7, 11) is 0. The third kappa shape index (κ3) is 1.86. The van der Waals surface area contributed by atoms with Crippen molar-refractivity contribution in [3.63, 3.8) is 0 Å². The SMILES string of the molecule is CC(C)c1n[nH]c(C2CC(C(=O)O)C2)n1. The van der Waals surface area contributed by atoms with E-state index in [-0.39, 0.29) is 11.8 Å². The van der Waals surface area contributed by atoms with Crippen LogP contribution in [0.3, 0.4) is 0 Å². The lowest BCUT2D eigenvalue weighted by Gasteiger charge is -2.30. The number of H-pyrrole nitrogens is 1. The van der Waals surface area contributed by atoms with Gasteiger partial charge in [0, 0.05) is 11.8 Å². The molecule has 0 atom stereocenters. The van der Waals surface area contributed by atoms with Gasteiger partial charge in [-0.3, -0.25) is 9.89 Å². The van der Waals surface area contributed by atoms with Gasteiger partial charge in [-0.25, -0.2) is 4.98 Å². The smallest absolute Gasteiger partial charge is 0.306 e. The molecule has 15 heavy (non-hydrogen) atoms. The number of nitrogens with zero attached hydrogens (tertiary/aromatic N) is 2. The summed E-state index contributed by atoms with van der Waals surface area (Å²) in [6.45, 7) is 4.07. The van der Waals surface area contributed by atoms with E-state index in [1.54, 1.807) is 0 Å². The van der Waals surface area contributed by atoms with Gasteiger partial charge in [-0.05, 0) is 12.8 Å². The van der Waals surface area contributed by atoms with Gasteiger partial charge in [0.1, 0.15) is 5.82 Å². The maximum Gasteiger partial charge on any atom is 0.306 e. The Labute approximate surface area is 87.9 Å². The molecule has 5 heteroatoms. The fourth-order valence-corrected chi connectivity index (χ4v) is 1.77. The van der Waals surface area contributed by atoms with Crippen LogP contribution in [0.4, 0.5) is 0 Å². The van der Waals surface area contributed by atoms with Crippen LogP contribution in [-0.4, -0.2) is 26.3 Å². The molecule has 0 aromatic carbocycles. The van der Waals surface area contributed by atoms with Gasteiger partial charge < -0.3 is 5.11 Å². The average Bonchev–Trinajstić information content (AvgIpc) is 2.49. The molecule has 0 spiro atoms. The molecule has 1 aromatic heterocycles. The standard InChI is InChI=1S/C10H15N3O2/c1-5(2)8-11-9(13-12-8)6-3-7(4-6)10(14)15/h5-7H,3-4H2,1-2H3,(H,14,15)(H,11,12,13). The van der Waals surface area contributed by atoms with Crippen LogP contribution in [0.15, 0.2) is 0 Å². The first-order valence-electron chi connectivity index (χ1n) is 5.23. The van der Waals surface area contributed by atoms with Crippen LogP contribution in [0.5, 0.6) is 0 Å². The fourth-order valence-electron chi connectivity index (χ4n) is 1.77. The van der Waals surface area contributed by atoms with Gasteiger partial charge >= 0.3 is 5.97 Å². The van der Waals surface area contributed by atoms with Gasteiger partial charge in [0.2, 0.25) is 0 Å². The summed E-state index contributed by atoms with van der Waals surface area (Å²) in [4.78, 5) is 15.0. The third-order valence-electron chi connectivity index (χ3n) is 2.91. The second-order valence-electron chi connectivity index (χ2n) is 4.44. The van der Waals surface area contributed by atoms with Gasteiger partial charge in [0.15, 0.2) is 5.82 Å². The Bertz CT molecular complexity index is 366. The average molecular weight is 209 g/mol. The summed E-state index contributed by atoms with van der Waals surface area (Å²) < 4.78 is 0. The first kappa shape index (κ1) is 10.1. The van der Waals surface area contributed by atoms with Crippen LogP contribution in [0, 0.1) is 5.92 Å². The largest absolute Gasteiger partial charge is 0.481 e. The highest BCUT2D eigenvalue weighted by molar-refractivity contribution is 5.71. The summed E-state index contributed by atoms with van der Waals surface area (Å²) in [5.74, 6) is 1.33. The summed E-state index contributed by atoms with van der Waals surface area (Å²) in [6.07, 6.45) is 1.37. The Morgan fingerprint density at radius 2 is 2.20 bits per heavy atom. The molecule has 0 radical (unpaired) electrons. The molecule has 1 saturated carbocycles. The molecule has 82 valence electrons. The fraction of sp³-hybridized carbons (Fsp3) is 0.700. The van der Waals surface area contributed by atoms with Gasteiger partial charge in [-0.2, -0.15) is 5.10 Å². The number of aliphatic carboxylic acids is 1. The predicted molar refractivity (Wildman–Crippen MR) is 53.6 cm³/mol. The lowest BCUT2D eigenvalue weighted by atomic mass is 9.74. The van der Waals surface area contributed by atoms with E-state index in [4.69, 9.17) is 5.11 Å². The van der Waals surface area contributed by atoms with Crippen LogP contribution in [-0.2, 0) is 4.79 Å². The summed E-state index contributed by atoms with van der Waals surface area (Å²) in [5, 5.41) is 15.7. The third-order valence-corrected chi connectivity index (χ3v) is 2.91. The first-order chi connectivity index (χ1) is 7.08. The molecular weight excluding hydrogens is 194 g/mol. The van der Waals surface area contributed by atoms with Crippen molar-refractivity contribution in [2.24, 2.45) is 5.92 Å². The normalized spacial score (nSPS) is 25.3. The van der Waals surface area contributed by atoms with E-state index < -0.39 is 5.97 Å². The van der Waals surface area contributed by atoms with Crippen molar-refractivity contribution in [2.45, 2.75) is 38.5 Å². The van der Waals surface area contributed by atoms with E-state index in [9.17, 15) is 4.79 Å². The van der Waals surface area contributed by atoms with Crippen molar-refractivity contribution >= 4 is 5.97 Å². The highest BCUT2D eigenvalue weighted by atomic mass is 16.4. The monoisotopic (exact) mass is 209 g/mol. The van der Waals surface area contributed by atoms with Crippen molar-refractivity contribution in [3.05, 3.63) is 11.6 Å². The Hall–Kier alpha value is -1.39. The minimum Gasteiger partial charge on any atom is -0.481 e. The Balaban J connectivity index is 1.98. The molecule has 5 nitrogen and oxygen atoms in total. The molecule has 0 saturated heterocycles. The van der Waals surface area contributed by atoms with Crippen LogP contribution in [0.2, 0.25) is 0 Å². The van der Waals surface area contributed by atoms with E-state index >= 15 is 0 Å². The molecule has 0 aliphatic heterocycles. The molecule has 1 aliphatic rings. The molecule has 1 heterocycles. The number of carboxylic acid groups (broad SMARTS) is 1. The van der Waals surface area contributed by atoms with Gasteiger partial charge in [-0.1, -0.05) is 13.8 Å². The van der Waals surface area contributed by atoms with E-state index in [1.807, 2.05) is 13.8 Å². The van der Waals surface area contributed by atoms with Crippen molar-refractivity contribution in [2.75, 3.05) is 0 Å². The van der Waals surface area contributed by atoms with E-state index in [2.05, 4.69) is 15.2 Å². The van der Waals surface area contributed by atoms with Crippen LogP contribution in [0.1, 0.15) is 50.2 Å². The molecule has 0 bridgehead atoms. The topological polar surface area (TPSA) is 78.9 Å². The predicted octanol–water partition coefficient (Wildman–Crippen LogP) is 1.51.